The molecular weight excluding hydrogens is 484 g/mol. The summed E-state index contributed by atoms with van der Waals surface area (Å²) in [4.78, 5) is 34.9. The van der Waals surface area contributed by atoms with E-state index in [0.717, 1.165) is 29.4 Å². The van der Waals surface area contributed by atoms with Crippen LogP contribution in [0.2, 0.25) is 0 Å². The molecule has 6 rings (SSSR count). The maximum Gasteiger partial charge on any atom is 0.178 e. The Labute approximate surface area is 221 Å². The van der Waals surface area contributed by atoms with Gasteiger partial charge in [-0.1, -0.05) is 56.3 Å². The average Bonchev–Trinajstić information content (AvgIpc) is 3.14. The van der Waals surface area contributed by atoms with E-state index in [1.54, 1.807) is 18.3 Å². The zero-order valence-electron chi connectivity index (χ0n) is 21.6. The number of hydrogen-bond acceptors (Lipinski definition) is 7. The topological polar surface area (TPSA) is 100 Å². The Balaban J connectivity index is 1.26. The van der Waals surface area contributed by atoms with E-state index in [-0.39, 0.29) is 46.4 Å². The van der Waals surface area contributed by atoms with Gasteiger partial charge in [0.25, 0.3) is 0 Å². The zero-order chi connectivity index (χ0) is 26.2. The SMILES string of the molecule is C[C@H]1CC2C(C(O)CC3(C)C2CC[C@]3(O)C(=O)CSc2cnc3ccccc3n2)C2(C)C=CC(=O)C=C12. The fourth-order valence-electron chi connectivity index (χ4n) is 8.48. The summed E-state index contributed by atoms with van der Waals surface area (Å²) < 4.78 is 0. The van der Waals surface area contributed by atoms with Gasteiger partial charge in [0.2, 0.25) is 0 Å². The van der Waals surface area contributed by atoms with Crippen LogP contribution < -0.4 is 0 Å². The monoisotopic (exact) mass is 518 g/mol. The first-order valence-electron chi connectivity index (χ1n) is 13.3. The quantitative estimate of drug-likeness (QED) is 0.573. The van der Waals surface area contributed by atoms with E-state index in [1.807, 2.05) is 37.3 Å². The summed E-state index contributed by atoms with van der Waals surface area (Å²) in [6.07, 6.45) is 8.82. The molecule has 3 saturated carbocycles. The Bertz CT molecular complexity index is 1360. The molecule has 0 aliphatic heterocycles. The number of nitrogens with zero attached hydrogens (tertiary/aromatic N) is 2. The van der Waals surface area contributed by atoms with Crippen LogP contribution in [0, 0.1) is 34.5 Å². The number of aliphatic hydroxyl groups is 2. The predicted octanol–water partition coefficient (Wildman–Crippen LogP) is 4.55. The van der Waals surface area contributed by atoms with Crippen molar-refractivity contribution in [1.82, 2.24) is 9.97 Å². The third kappa shape index (κ3) is 3.61. The number of benzene rings is 1. The van der Waals surface area contributed by atoms with E-state index >= 15 is 0 Å². The second kappa shape index (κ2) is 8.58. The minimum absolute atomic E-state index is 0.0161. The van der Waals surface area contributed by atoms with Gasteiger partial charge < -0.3 is 10.2 Å². The van der Waals surface area contributed by atoms with E-state index in [9.17, 15) is 19.8 Å². The highest BCUT2D eigenvalue weighted by Crippen LogP contribution is 2.67. The lowest BCUT2D eigenvalue weighted by Gasteiger charge is -2.60. The lowest BCUT2D eigenvalue weighted by atomic mass is 9.45. The van der Waals surface area contributed by atoms with Crippen molar-refractivity contribution >= 4 is 34.4 Å². The van der Waals surface area contributed by atoms with Crippen molar-refractivity contribution in [1.29, 1.82) is 0 Å². The van der Waals surface area contributed by atoms with Gasteiger partial charge in [-0.05, 0) is 67.7 Å². The van der Waals surface area contributed by atoms with Crippen LogP contribution in [-0.2, 0) is 9.59 Å². The number of carbonyl (C=O) groups excluding carboxylic acids is 2. The van der Waals surface area contributed by atoms with Gasteiger partial charge in [0.15, 0.2) is 11.6 Å². The summed E-state index contributed by atoms with van der Waals surface area (Å²) in [5, 5.41) is 24.3. The van der Waals surface area contributed by atoms with Crippen LogP contribution in [0.4, 0.5) is 0 Å². The minimum Gasteiger partial charge on any atom is -0.393 e. The molecule has 1 aromatic carbocycles. The summed E-state index contributed by atoms with van der Waals surface area (Å²) in [6.45, 7) is 6.33. The van der Waals surface area contributed by atoms with Crippen LogP contribution >= 0.6 is 11.8 Å². The van der Waals surface area contributed by atoms with E-state index in [1.165, 1.54) is 11.8 Å². The zero-order valence-corrected chi connectivity index (χ0v) is 22.4. The number of hydrogen-bond donors (Lipinski definition) is 2. The molecule has 1 aromatic heterocycles. The fraction of sp³-hybridized carbons (Fsp3) is 0.533. The molecule has 6 unspecified atom stereocenters. The Hall–Kier alpha value is -2.35. The number of Topliss-reactive ketones (excluding diaryl/α,β-unsaturated/α-hetero) is 1. The number of carbonyl (C=O) groups is 2. The number of aromatic nitrogens is 2. The largest absolute Gasteiger partial charge is 0.393 e. The molecule has 7 heteroatoms. The summed E-state index contributed by atoms with van der Waals surface area (Å²) >= 11 is 1.31. The Morgan fingerprint density at radius 3 is 2.76 bits per heavy atom. The molecule has 0 radical (unpaired) electrons. The summed E-state index contributed by atoms with van der Waals surface area (Å²) in [5.74, 6) is 0.418. The Morgan fingerprint density at radius 1 is 1.22 bits per heavy atom. The van der Waals surface area contributed by atoms with Gasteiger partial charge in [0, 0.05) is 16.7 Å². The Morgan fingerprint density at radius 2 is 1.97 bits per heavy atom. The third-order valence-corrected chi connectivity index (χ3v) is 11.1. The van der Waals surface area contributed by atoms with Gasteiger partial charge in [-0.25, -0.2) is 4.98 Å². The molecule has 2 aromatic rings. The van der Waals surface area contributed by atoms with Crippen molar-refractivity contribution < 1.29 is 19.8 Å². The molecule has 0 saturated heterocycles. The van der Waals surface area contributed by atoms with Crippen LogP contribution in [0.1, 0.15) is 46.5 Å². The second-order valence-electron chi connectivity index (χ2n) is 12.0. The van der Waals surface area contributed by atoms with Gasteiger partial charge >= 0.3 is 0 Å². The molecule has 0 amide bonds. The maximum absolute atomic E-state index is 13.7. The summed E-state index contributed by atoms with van der Waals surface area (Å²) in [6, 6.07) is 7.62. The molecule has 4 aliphatic rings. The van der Waals surface area contributed by atoms with Gasteiger partial charge in [-0.3, -0.25) is 14.6 Å². The molecule has 8 atom stereocenters. The number of allylic oxidation sites excluding steroid dienone is 4. The summed E-state index contributed by atoms with van der Waals surface area (Å²) in [5.41, 5.74) is 0.123. The molecule has 4 aliphatic carbocycles. The maximum atomic E-state index is 13.7. The first-order chi connectivity index (χ1) is 17.6. The van der Waals surface area contributed by atoms with Crippen molar-refractivity contribution in [2.24, 2.45) is 34.5 Å². The molecular formula is C30H34N2O4S. The van der Waals surface area contributed by atoms with Crippen molar-refractivity contribution in [3.8, 4) is 0 Å². The van der Waals surface area contributed by atoms with Crippen molar-refractivity contribution in [3.05, 3.63) is 54.3 Å². The first-order valence-corrected chi connectivity index (χ1v) is 14.3. The third-order valence-electron chi connectivity index (χ3n) is 10.2. The normalized spacial score (nSPS) is 40.6. The van der Waals surface area contributed by atoms with E-state index in [4.69, 9.17) is 0 Å². The lowest BCUT2D eigenvalue weighted by Crippen LogP contribution is -2.62. The Kier molecular flexibility index (Phi) is 5.79. The number of fused-ring (bicyclic) bond motifs is 6. The van der Waals surface area contributed by atoms with Crippen LogP contribution in [-0.4, -0.2) is 49.2 Å². The van der Waals surface area contributed by atoms with Crippen LogP contribution in [0.5, 0.6) is 0 Å². The molecule has 1 heterocycles. The number of aliphatic hydroxyl groups excluding tert-OH is 1. The van der Waals surface area contributed by atoms with Gasteiger partial charge in [-0.2, -0.15) is 0 Å². The second-order valence-corrected chi connectivity index (χ2v) is 13.0. The van der Waals surface area contributed by atoms with Gasteiger partial charge in [-0.15, -0.1) is 0 Å². The molecule has 3 fully saturated rings. The molecule has 0 bridgehead atoms. The highest BCUT2D eigenvalue weighted by molar-refractivity contribution is 7.99. The van der Waals surface area contributed by atoms with Crippen molar-refractivity contribution in [2.75, 3.05) is 5.75 Å². The van der Waals surface area contributed by atoms with Crippen LogP contribution in [0.15, 0.2) is 59.3 Å². The van der Waals surface area contributed by atoms with Gasteiger partial charge in [0.1, 0.15) is 10.6 Å². The van der Waals surface area contributed by atoms with E-state index in [2.05, 4.69) is 23.8 Å². The minimum atomic E-state index is -1.49. The van der Waals surface area contributed by atoms with Gasteiger partial charge in [0.05, 0.1) is 29.1 Å². The molecule has 37 heavy (non-hydrogen) atoms. The van der Waals surface area contributed by atoms with Crippen LogP contribution in [0.3, 0.4) is 0 Å². The predicted molar refractivity (Wildman–Crippen MR) is 143 cm³/mol. The highest BCUT2D eigenvalue weighted by atomic mass is 32.2. The molecule has 2 N–H and O–H groups in total. The van der Waals surface area contributed by atoms with Crippen molar-refractivity contribution in [3.63, 3.8) is 0 Å². The number of para-hydroxylation sites is 2. The van der Waals surface area contributed by atoms with Crippen LogP contribution in [0.25, 0.3) is 11.0 Å². The average molecular weight is 519 g/mol. The first kappa shape index (κ1) is 25.0. The van der Waals surface area contributed by atoms with E-state index < -0.39 is 17.1 Å². The smallest absolute Gasteiger partial charge is 0.178 e. The molecule has 194 valence electrons. The van der Waals surface area contributed by atoms with Crippen molar-refractivity contribution in [2.45, 2.75) is 63.2 Å². The number of rotatable bonds is 4. The number of ketones is 2. The fourth-order valence-corrected chi connectivity index (χ4v) is 9.29. The molecule has 6 nitrogen and oxygen atoms in total. The standard InChI is InChI=1S/C30H34N2O4S/c1-17-12-19-20-9-11-30(36,25(35)16-37-26-15-31-22-6-4-5-7-23(22)32-26)29(20,3)14-24(34)27(19)28(2)10-8-18(33)13-21(17)28/h4-8,10,13,15,17,19-20,24,27,34,36H,9,11-12,14,16H2,1-3H3/t17-,19?,20?,24?,27?,28?,29?,30-/m0/s1. The lowest BCUT2D eigenvalue weighted by molar-refractivity contribution is -0.176. The number of thioether (sulfide) groups is 1. The molecule has 0 spiro atoms. The van der Waals surface area contributed by atoms with E-state index in [0.29, 0.717) is 17.9 Å². The summed E-state index contributed by atoms with van der Waals surface area (Å²) in [7, 11) is 0. The highest BCUT2D eigenvalue weighted by Gasteiger charge is 2.68.